The molecule has 62 valence electrons. The Kier molecular flexibility index (Phi) is 1.81. The minimum Gasteiger partial charge on any atom is -0.301 e. The van der Waals surface area contributed by atoms with Gasteiger partial charge in [0, 0.05) is 11.1 Å². The van der Waals surface area contributed by atoms with Crippen molar-refractivity contribution in [2.24, 2.45) is 0 Å². The molecule has 0 fully saturated rings. The van der Waals surface area contributed by atoms with Gasteiger partial charge in [-0.25, -0.2) is 0 Å². The summed E-state index contributed by atoms with van der Waals surface area (Å²) in [7, 11) is 0. The molecule has 0 radical (unpaired) electrons. The van der Waals surface area contributed by atoms with E-state index in [1.165, 1.54) is 4.91 Å². The number of fused-ring (bicyclic) bond motifs is 1. The summed E-state index contributed by atoms with van der Waals surface area (Å²) in [4.78, 5) is 1.22. The van der Waals surface area contributed by atoms with E-state index < -0.39 is 0 Å². The van der Waals surface area contributed by atoms with Crippen molar-refractivity contribution in [2.75, 3.05) is 5.75 Å². The fourth-order valence-corrected chi connectivity index (χ4v) is 2.15. The summed E-state index contributed by atoms with van der Waals surface area (Å²) in [6.07, 6.45) is 3.85. The van der Waals surface area contributed by atoms with Gasteiger partial charge >= 0.3 is 0 Å². The third-order valence-corrected chi connectivity index (χ3v) is 2.76. The van der Waals surface area contributed by atoms with E-state index in [2.05, 4.69) is 13.0 Å². The van der Waals surface area contributed by atoms with Gasteiger partial charge < -0.3 is 4.57 Å². The molecule has 2 rings (SSSR count). The topological polar surface area (TPSA) is 28.8 Å². The zero-order valence-electron chi connectivity index (χ0n) is 6.87. The monoisotopic (exact) mass is 178 g/mol. The van der Waals surface area contributed by atoms with Crippen LogP contribution in [0.5, 0.6) is 0 Å². The van der Waals surface area contributed by atoms with Crippen molar-refractivity contribution in [1.29, 1.82) is 5.41 Å². The first-order chi connectivity index (χ1) is 5.83. The predicted molar refractivity (Wildman–Crippen MR) is 53.7 cm³/mol. The van der Waals surface area contributed by atoms with Crippen molar-refractivity contribution in [3.05, 3.63) is 30.1 Å². The number of hydrogen-bond donors (Lipinski definition) is 1. The van der Waals surface area contributed by atoms with Crippen LogP contribution in [0.3, 0.4) is 0 Å². The Morgan fingerprint density at radius 3 is 3.17 bits per heavy atom. The Morgan fingerprint density at radius 1 is 1.58 bits per heavy atom. The third-order valence-electron chi connectivity index (χ3n) is 1.83. The van der Waals surface area contributed by atoms with Crippen molar-refractivity contribution in [1.82, 2.24) is 4.57 Å². The van der Waals surface area contributed by atoms with Crippen molar-refractivity contribution < 1.29 is 0 Å². The fourth-order valence-electron chi connectivity index (χ4n) is 1.33. The standard InChI is InChI=1S/C9H10N2S/c1-2-12-8-6-9(10)11-5-3-4-7(8)11/h3-6,10H,2H2,1H3. The van der Waals surface area contributed by atoms with Crippen LogP contribution in [0, 0.1) is 5.41 Å². The van der Waals surface area contributed by atoms with Crippen LogP contribution in [0.4, 0.5) is 0 Å². The van der Waals surface area contributed by atoms with E-state index in [0.717, 1.165) is 11.4 Å². The van der Waals surface area contributed by atoms with Gasteiger partial charge in [-0.1, -0.05) is 6.92 Å². The fraction of sp³-hybridized carbons (Fsp3) is 0.222. The van der Waals surface area contributed by atoms with Crippen LogP contribution in [0.25, 0.3) is 4.91 Å². The average Bonchev–Trinajstić information content (AvgIpc) is 2.58. The van der Waals surface area contributed by atoms with Gasteiger partial charge in [0.05, 0.1) is 5.69 Å². The predicted octanol–water partition coefficient (Wildman–Crippen LogP) is 2.42. The van der Waals surface area contributed by atoms with Crippen LogP contribution in [0.2, 0.25) is 0 Å². The first kappa shape index (κ1) is 7.68. The molecular weight excluding hydrogens is 168 g/mol. The van der Waals surface area contributed by atoms with Gasteiger partial charge in [0.1, 0.15) is 5.84 Å². The highest BCUT2D eigenvalue weighted by atomic mass is 32.2. The molecule has 2 nitrogen and oxygen atoms in total. The highest BCUT2D eigenvalue weighted by Gasteiger charge is 2.16. The maximum absolute atomic E-state index is 7.63. The van der Waals surface area contributed by atoms with Crippen LogP contribution in [-0.2, 0) is 0 Å². The van der Waals surface area contributed by atoms with Gasteiger partial charge in [-0.05, 0) is 24.0 Å². The number of allylic oxidation sites excluding steroid dienone is 1. The molecule has 0 bridgehead atoms. The summed E-state index contributed by atoms with van der Waals surface area (Å²) in [5, 5.41) is 7.63. The summed E-state index contributed by atoms with van der Waals surface area (Å²) < 4.78 is 1.90. The van der Waals surface area contributed by atoms with Crippen molar-refractivity contribution in [3.63, 3.8) is 0 Å². The number of nitrogens with zero attached hydrogens (tertiary/aromatic N) is 1. The lowest BCUT2D eigenvalue weighted by molar-refractivity contribution is 1.14. The second kappa shape index (κ2) is 2.83. The van der Waals surface area contributed by atoms with E-state index in [1.807, 2.05) is 22.9 Å². The van der Waals surface area contributed by atoms with Crippen LogP contribution in [0.15, 0.2) is 24.4 Å². The maximum atomic E-state index is 7.63. The first-order valence-corrected chi connectivity index (χ1v) is 4.92. The molecule has 0 amide bonds. The Morgan fingerprint density at radius 2 is 2.42 bits per heavy atom. The Bertz CT molecular complexity index is 349. The van der Waals surface area contributed by atoms with Crippen LogP contribution in [0.1, 0.15) is 12.6 Å². The van der Waals surface area contributed by atoms with E-state index in [9.17, 15) is 0 Å². The van der Waals surface area contributed by atoms with E-state index in [1.54, 1.807) is 11.8 Å². The Labute approximate surface area is 75.8 Å². The molecule has 3 heteroatoms. The molecule has 0 aromatic carbocycles. The normalized spacial score (nSPS) is 14.8. The minimum atomic E-state index is 0.575. The van der Waals surface area contributed by atoms with Gasteiger partial charge in [-0.15, -0.1) is 11.8 Å². The second-order valence-corrected chi connectivity index (χ2v) is 3.90. The Balaban J connectivity index is 2.41. The minimum absolute atomic E-state index is 0.575. The molecule has 2 heterocycles. The molecule has 1 aliphatic heterocycles. The lowest BCUT2D eigenvalue weighted by Crippen LogP contribution is -2.00. The van der Waals surface area contributed by atoms with Gasteiger partial charge in [-0.2, -0.15) is 0 Å². The molecule has 1 aliphatic rings. The number of rotatable bonds is 2. The van der Waals surface area contributed by atoms with Crippen molar-refractivity contribution in [2.45, 2.75) is 6.92 Å². The molecule has 0 atom stereocenters. The van der Waals surface area contributed by atoms with Crippen LogP contribution < -0.4 is 0 Å². The molecule has 0 spiro atoms. The molecule has 0 saturated heterocycles. The Hall–Kier alpha value is -0.960. The van der Waals surface area contributed by atoms with Gasteiger partial charge in [0.25, 0.3) is 0 Å². The van der Waals surface area contributed by atoms with E-state index >= 15 is 0 Å². The first-order valence-electron chi connectivity index (χ1n) is 3.94. The number of aromatic nitrogens is 1. The third kappa shape index (κ3) is 1.01. The van der Waals surface area contributed by atoms with E-state index in [4.69, 9.17) is 5.41 Å². The van der Waals surface area contributed by atoms with Gasteiger partial charge in [0.15, 0.2) is 0 Å². The molecule has 0 unspecified atom stereocenters. The highest BCUT2D eigenvalue weighted by Crippen LogP contribution is 2.31. The van der Waals surface area contributed by atoms with Gasteiger partial charge in [-0.3, -0.25) is 5.41 Å². The quantitative estimate of drug-likeness (QED) is 0.740. The zero-order chi connectivity index (χ0) is 8.55. The lowest BCUT2D eigenvalue weighted by atomic mass is 10.4. The van der Waals surface area contributed by atoms with E-state index in [-0.39, 0.29) is 0 Å². The smallest absolute Gasteiger partial charge is 0.130 e. The largest absolute Gasteiger partial charge is 0.301 e. The molecule has 0 aliphatic carbocycles. The van der Waals surface area contributed by atoms with Gasteiger partial charge in [0.2, 0.25) is 0 Å². The van der Waals surface area contributed by atoms with Crippen LogP contribution in [-0.4, -0.2) is 16.2 Å². The average molecular weight is 178 g/mol. The van der Waals surface area contributed by atoms with Crippen molar-refractivity contribution in [3.8, 4) is 0 Å². The van der Waals surface area contributed by atoms with E-state index in [0.29, 0.717) is 5.84 Å². The second-order valence-electron chi connectivity index (χ2n) is 2.59. The highest BCUT2D eigenvalue weighted by molar-refractivity contribution is 8.08. The summed E-state index contributed by atoms with van der Waals surface area (Å²) in [5.41, 5.74) is 1.16. The molecule has 0 saturated carbocycles. The molecule has 12 heavy (non-hydrogen) atoms. The number of nitrogens with one attached hydrogen (secondary N) is 1. The number of hydrogen-bond acceptors (Lipinski definition) is 2. The maximum Gasteiger partial charge on any atom is 0.130 e. The van der Waals surface area contributed by atoms with Crippen LogP contribution >= 0.6 is 11.8 Å². The summed E-state index contributed by atoms with van der Waals surface area (Å²) in [5.74, 6) is 1.63. The summed E-state index contributed by atoms with van der Waals surface area (Å²) >= 11 is 1.79. The summed E-state index contributed by atoms with van der Waals surface area (Å²) in [6.45, 7) is 2.13. The molecule has 1 aromatic heterocycles. The van der Waals surface area contributed by atoms with Crippen molar-refractivity contribution >= 4 is 22.5 Å². The molecule has 1 aromatic rings. The lowest BCUT2D eigenvalue weighted by Gasteiger charge is -1.98. The summed E-state index contributed by atoms with van der Waals surface area (Å²) in [6, 6.07) is 4.03. The number of thioether (sulfide) groups is 1. The SMILES string of the molecule is CCSC1=CC(=N)n2cccc21. The molecule has 1 N–H and O–H groups in total. The zero-order valence-corrected chi connectivity index (χ0v) is 7.69. The molecular formula is C9H10N2S.